The number of nitrogens with two attached hydrogens (primary N) is 1. The molecule has 1 heterocycles. The first-order valence-electron chi connectivity index (χ1n) is 3.78. The SMILES string of the molecule is C[C@](N)(CC(=O)O)c1cncnc1. The van der Waals surface area contributed by atoms with Crippen molar-refractivity contribution in [3.8, 4) is 0 Å². The van der Waals surface area contributed by atoms with Gasteiger partial charge in [-0.3, -0.25) is 4.79 Å². The molecule has 5 nitrogen and oxygen atoms in total. The minimum atomic E-state index is -0.936. The van der Waals surface area contributed by atoms with E-state index in [1.54, 1.807) is 6.92 Å². The molecule has 0 fully saturated rings. The Morgan fingerprint density at radius 1 is 1.62 bits per heavy atom. The molecule has 0 aliphatic carbocycles. The number of aliphatic carboxylic acids is 1. The summed E-state index contributed by atoms with van der Waals surface area (Å²) in [6.07, 6.45) is 4.28. The highest BCUT2D eigenvalue weighted by molar-refractivity contribution is 5.68. The highest BCUT2D eigenvalue weighted by Crippen LogP contribution is 2.19. The quantitative estimate of drug-likeness (QED) is 0.691. The summed E-state index contributed by atoms with van der Waals surface area (Å²) in [4.78, 5) is 18.0. The molecule has 0 saturated heterocycles. The van der Waals surface area contributed by atoms with Gasteiger partial charge in [-0.05, 0) is 6.92 Å². The number of carboxylic acids is 1. The topological polar surface area (TPSA) is 89.1 Å². The third-order valence-corrected chi connectivity index (χ3v) is 1.74. The van der Waals surface area contributed by atoms with E-state index in [1.165, 1.54) is 18.7 Å². The molecule has 0 spiro atoms. The Labute approximate surface area is 75.6 Å². The van der Waals surface area contributed by atoms with E-state index in [0.717, 1.165) is 0 Å². The first-order valence-corrected chi connectivity index (χ1v) is 3.78. The van der Waals surface area contributed by atoms with E-state index in [9.17, 15) is 4.79 Å². The Morgan fingerprint density at radius 2 is 2.15 bits per heavy atom. The van der Waals surface area contributed by atoms with Crippen molar-refractivity contribution in [1.29, 1.82) is 0 Å². The first-order chi connectivity index (χ1) is 6.02. The fourth-order valence-corrected chi connectivity index (χ4v) is 1.01. The monoisotopic (exact) mass is 181 g/mol. The molecular weight excluding hydrogens is 170 g/mol. The van der Waals surface area contributed by atoms with Crippen LogP contribution in [0.4, 0.5) is 0 Å². The molecule has 0 aromatic carbocycles. The molecule has 1 atom stereocenters. The lowest BCUT2D eigenvalue weighted by Gasteiger charge is -2.21. The maximum Gasteiger partial charge on any atom is 0.305 e. The second-order valence-electron chi connectivity index (χ2n) is 3.12. The molecule has 0 saturated carbocycles. The molecule has 13 heavy (non-hydrogen) atoms. The number of carbonyl (C=O) groups is 1. The predicted molar refractivity (Wildman–Crippen MR) is 45.8 cm³/mol. The van der Waals surface area contributed by atoms with E-state index in [1.807, 2.05) is 0 Å². The number of rotatable bonds is 3. The van der Waals surface area contributed by atoms with Gasteiger partial charge in [-0.2, -0.15) is 0 Å². The average molecular weight is 181 g/mol. The number of hydrogen-bond donors (Lipinski definition) is 2. The van der Waals surface area contributed by atoms with Crippen molar-refractivity contribution >= 4 is 5.97 Å². The third-order valence-electron chi connectivity index (χ3n) is 1.74. The summed E-state index contributed by atoms with van der Waals surface area (Å²) in [5.41, 5.74) is 5.49. The largest absolute Gasteiger partial charge is 0.481 e. The first kappa shape index (κ1) is 9.60. The smallest absolute Gasteiger partial charge is 0.305 e. The molecule has 0 radical (unpaired) electrons. The van der Waals surface area contributed by atoms with Gasteiger partial charge in [0.05, 0.1) is 12.0 Å². The number of aromatic nitrogens is 2. The van der Waals surface area contributed by atoms with E-state index in [4.69, 9.17) is 10.8 Å². The molecule has 1 aromatic heterocycles. The molecule has 0 unspecified atom stereocenters. The van der Waals surface area contributed by atoms with E-state index in [-0.39, 0.29) is 6.42 Å². The van der Waals surface area contributed by atoms with Gasteiger partial charge in [0.1, 0.15) is 6.33 Å². The molecule has 0 aliphatic rings. The highest BCUT2D eigenvalue weighted by Gasteiger charge is 2.24. The number of carboxylic acid groups (broad SMARTS) is 1. The molecule has 1 rings (SSSR count). The molecule has 1 aromatic rings. The predicted octanol–water partition coefficient (Wildman–Crippen LogP) is 0.125. The second kappa shape index (κ2) is 3.49. The van der Waals surface area contributed by atoms with E-state index >= 15 is 0 Å². The van der Waals surface area contributed by atoms with Gasteiger partial charge in [-0.1, -0.05) is 0 Å². The summed E-state index contributed by atoms with van der Waals surface area (Å²) in [6, 6.07) is 0. The van der Waals surface area contributed by atoms with Crippen LogP contribution in [0.15, 0.2) is 18.7 Å². The molecule has 70 valence electrons. The molecule has 0 aliphatic heterocycles. The van der Waals surface area contributed by atoms with Crippen LogP contribution in [-0.2, 0) is 10.3 Å². The van der Waals surface area contributed by atoms with Crippen molar-refractivity contribution < 1.29 is 9.90 Å². The lowest BCUT2D eigenvalue weighted by Crippen LogP contribution is -2.35. The Hall–Kier alpha value is -1.49. The summed E-state index contributed by atoms with van der Waals surface area (Å²) in [5, 5.41) is 8.59. The Balaban J connectivity index is 2.87. The molecule has 0 amide bonds. The van der Waals surface area contributed by atoms with Gasteiger partial charge in [-0.15, -0.1) is 0 Å². The standard InChI is InChI=1S/C8H11N3O2/c1-8(9,2-7(12)13)6-3-10-5-11-4-6/h3-5H,2,9H2,1H3,(H,12,13)/t8-/m0/s1. The van der Waals surface area contributed by atoms with Crippen molar-refractivity contribution in [2.75, 3.05) is 0 Å². The van der Waals surface area contributed by atoms with Crippen LogP contribution in [-0.4, -0.2) is 21.0 Å². The average Bonchev–Trinajstić information content (AvgIpc) is 2.04. The van der Waals surface area contributed by atoms with Crippen LogP contribution in [0.1, 0.15) is 18.9 Å². The van der Waals surface area contributed by atoms with Crippen molar-refractivity contribution in [2.24, 2.45) is 5.73 Å². The fraction of sp³-hybridized carbons (Fsp3) is 0.375. The fourth-order valence-electron chi connectivity index (χ4n) is 1.01. The van der Waals surface area contributed by atoms with Crippen molar-refractivity contribution in [3.63, 3.8) is 0 Å². The minimum absolute atomic E-state index is 0.139. The second-order valence-corrected chi connectivity index (χ2v) is 3.12. The molecular formula is C8H11N3O2. The van der Waals surface area contributed by atoms with Crippen LogP contribution in [0.5, 0.6) is 0 Å². The number of hydrogen-bond acceptors (Lipinski definition) is 4. The Bertz CT molecular complexity index is 298. The Kier molecular flexibility index (Phi) is 2.57. The van der Waals surface area contributed by atoms with Crippen LogP contribution in [0.2, 0.25) is 0 Å². The van der Waals surface area contributed by atoms with Gasteiger partial charge in [0.2, 0.25) is 0 Å². The third kappa shape index (κ3) is 2.48. The van der Waals surface area contributed by atoms with Gasteiger partial charge in [0, 0.05) is 18.0 Å². The van der Waals surface area contributed by atoms with Gasteiger partial charge in [-0.25, -0.2) is 9.97 Å². The van der Waals surface area contributed by atoms with Crippen molar-refractivity contribution in [1.82, 2.24) is 9.97 Å². The van der Waals surface area contributed by atoms with Gasteiger partial charge >= 0.3 is 5.97 Å². The zero-order chi connectivity index (χ0) is 9.90. The van der Waals surface area contributed by atoms with Gasteiger partial charge in [0.15, 0.2) is 0 Å². The normalized spacial score (nSPS) is 14.9. The lowest BCUT2D eigenvalue weighted by molar-refractivity contribution is -0.138. The van der Waals surface area contributed by atoms with E-state index in [0.29, 0.717) is 5.56 Å². The van der Waals surface area contributed by atoms with E-state index in [2.05, 4.69) is 9.97 Å². The maximum atomic E-state index is 10.5. The zero-order valence-corrected chi connectivity index (χ0v) is 7.27. The highest BCUT2D eigenvalue weighted by atomic mass is 16.4. The van der Waals surface area contributed by atoms with Gasteiger partial charge in [0.25, 0.3) is 0 Å². The van der Waals surface area contributed by atoms with Crippen LogP contribution in [0.3, 0.4) is 0 Å². The van der Waals surface area contributed by atoms with Gasteiger partial charge < -0.3 is 10.8 Å². The maximum absolute atomic E-state index is 10.5. The van der Waals surface area contributed by atoms with Crippen LogP contribution < -0.4 is 5.73 Å². The summed E-state index contributed by atoms with van der Waals surface area (Å²) in [6.45, 7) is 1.64. The number of nitrogens with zero attached hydrogens (tertiary/aromatic N) is 2. The Morgan fingerprint density at radius 3 is 2.62 bits per heavy atom. The van der Waals surface area contributed by atoms with E-state index < -0.39 is 11.5 Å². The molecule has 3 N–H and O–H groups in total. The van der Waals surface area contributed by atoms with Crippen molar-refractivity contribution in [3.05, 3.63) is 24.3 Å². The molecule has 0 bridgehead atoms. The van der Waals surface area contributed by atoms with Crippen LogP contribution in [0.25, 0.3) is 0 Å². The zero-order valence-electron chi connectivity index (χ0n) is 7.27. The summed E-state index contributed by atoms with van der Waals surface area (Å²) in [5.74, 6) is -0.936. The lowest BCUT2D eigenvalue weighted by atomic mass is 9.92. The summed E-state index contributed by atoms with van der Waals surface area (Å²) >= 11 is 0. The summed E-state index contributed by atoms with van der Waals surface area (Å²) < 4.78 is 0. The van der Waals surface area contributed by atoms with Crippen LogP contribution in [0, 0.1) is 0 Å². The molecule has 5 heteroatoms. The minimum Gasteiger partial charge on any atom is -0.481 e. The summed E-state index contributed by atoms with van der Waals surface area (Å²) in [7, 11) is 0. The van der Waals surface area contributed by atoms with Crippen LogP contribution >= 0.6 is 0 Å². The van der Waals surface area contributed by atoms with Crippen molar-refractivity contribution in [2.45, 2.75) is 18.9 Å².